The van der Waals surface area contributed by atoms with Crippen LogP contribution in [0.25, 0.3) is 0 Å². The number of nitrogens with one attached hydrogen (secondary N) is 1. The molecule has 0 aromatic heterocycles. The lowest BCUT2D eigenvalue weighted by Crippen LogP contribution is -2.30. The fourth-order valence-electron chi connectivity index (χ4n) is 2.07. The van der Waals surface area contributed by atoms with E-state index in [4.69, 9.17) is 9.84 Å². The summed E-state index contributed by atoms with van der Waals surface area (Å²) >= 11 is 1.57. The van der Waals surface area contributed by atoms with Gasteiger partial charge in [-0.3, -0.25) is 4.79 Å². The largest absolute Gasteiger partial charge is 0.479 e. The SMILES string of the molecule is C=CCSc1ccccc1NC(=O)C1CCC(C(=O)O)O1. The van der Waals surface area contributed by atoms with Crippen LogP contribution in [0.5, 0.6) is 0 Å². The zero-order chi connectivity index (χ0) is 15.2. The summed E-state index contributed by atoms with van der Waals surface area (Å²) in [6, 6.07) is 7.46. The predicted octanol–water partition coefficient (Wildman–Crippen LogP) is 2.54. The number of carboxylic acids is 1. The predicted molar refractivity (Wildman–Crippen MR) is 81.5 cm³/mol. The number of hydrogen-bond donors (Lipinski definition) is 2. The Bertz CT molecular complexity index is 546. The second-order valence-electron chi connectivity index (χ2n) is 4.61. The Morgan fingerprint density at radius 1 is 1.38 bits per heavy atom. The average molecular weight is 307 g/mol. The number of hydrogen-bond acceptors (Lipinski definition) is 4. The summed E-state index contributed by atoms with van der Waals surface area (Å²) in [7, 11) is 0. The average Bonchev–Trinajstić information content (AvgIpc) is 2.96. The first kappa shape index (κ1) is 15.6. The number of ether oxygens (including phenoxy) is 1. The Hall–Kier alpha value is -1.79. The minimum atomic E-state index is -1.02. The van der Waals surface area contributed by atoms with Gasteiger partial charge >= 0.3 is 5.97 Å². The van der Waals surface area contributed by atoms with Gasteiger partial charge in [0.1, 0.15) is 6.10 Å². The maximum atomic E-state index is 12.2. The van der Waals surface area contributed by atoms with Crippen LogP contribution in [0, 0.1) is 0 Å². The van der Waals surface area contributed by atoms with Crippen LogP contribution in [0.1, 0.15) is 12.8 Å². The van der Waals surface area contributed by atoms with E-state index < -0.39 is 18.2 Å². The van der Waals surface area contributed by atoms with E-state index in [-0.39, 0.29) is 5.91 Å². The first-order chi connectivity index (χ1) is 10.1. The van der Waals surface area contributed by atoms with Gasteiger partial charge in [-0.25, -0.2) is 4.79 Å². The molecule has 1 saturated heterocycles. The van der Waals surface area contributed by atoms with Crippen molar-refractivity contribution in [3.63, 3.8) is 0 Å². The van der Waals surface area contributed by atoms with Crippen LogP contribution < -0.4 is 5.32 Å². The molecule has 1 aromatic rings. The van der Waals surface area contributed by atoms with E-state index >= 15 is 0 Å². The van der Waals surface area contributed by atoms with Crippen molar-refractivity contribution in [3.05, 3.63) is 36.9 Å². The number of amides is 1. The molecule has 1 heterocycles. The minimum absolute atomic E-state index is 0.301. The maximum absolute atomic E-state index is 12.2. The van der Waals surface area contributed by atoms with Gasteiger partial charge < -0.3 is 15.2 Å². The van der Waals surface area contributed by atoms with Crippen molar-refractivity contribution in [3.8, 4) is 0 Å². The van der Waals surface area contributed by atoms with E-state index in [1.165, 1.54) is 0 Å². The molecule has 2 atom stereocenters. The van der Waals surface area contributed by atoms with Gasteiger partial charge in [0.15, 0.2) is 6.10 Å². The van der Waals surface area contributed by atoms with E-state index in [0.29, 0.717) is 18.5 Å². The highest BCUT2D eigenvalue weighted by atomic mass is 32.2. The molecule has 0 radical (unpaired) electrons. The Labute approximate surface area is 127 Å². The van der Waals surface area contributed by atoms with Crippen LogP contribution in [-0.4, -0.2) is 34.9 Å². The number of carbonyl (C=O) groups is 2. The number of anilines is 1. The molecule has 21 heavy (non-hydrogen) atoms. The Morgan fingerprint density at radius 2 is 2.10 bits per heavy atom. The smallest absolute Gasteiger partial charge is 0.332 e. The summed E-state index contributed by atoms with van der Waals surface area (Å²) in [6.45, 7) is 3.67. The number of thioether (sulfide) groups is 1. The third kappa shape index (κ3) is 4.09. The van der Waals surface area contributed by atoms with Gasteiger partial charge in [0.25, 0.3) is 5.91 Å². The fraction of sp³-hybridized carbons (Fsp3) is 0.333. The third-order valence-electron chi connectivity index (χ3n) is 3.09. The molecule has 1 aromatic carbocycles. The molecule has 2 unspecified atom stereocenters. The summed E-state index contributed by atoms with van der Waals surface area (Å²) in [5.41, 5.74) is 0.705. The lowest BCUT2D eigenvalue weighted by Gasteiger charge is -2.14. The molecule has 5 nitrogen and oxygen atoms in total. The van der Waals surface area contributed by atoms with Crippen molar-refractivity contribution < 1.29 is 19.4 Å². The molecule has 1 fully saturated rings. The number of aliphatic carboxylic acids is 1. The Morgan fingerprint density at radius 3 is 2.76 bits per heavy atom. The van der Waals surface area contributed by atoms with Crippen molar-refractivity contribution in [1.29, 1.82) is 0 Å². The van der Waals surface area contributed by atoms with Gasteiger partial charge in [-0.15, -0.1) is 18.3 Å². The molecule has 6 heteroatoms. The monoisotopic (exact) mass is 307 g/mol. The zero-order valence-electron chi connectivity index (χ0n) is 11.5. The van der Waals surface area contributed by atoms with E-state index in [2.05, 4.69) is 11.9 Å². The molecule has 0 saturated carbocycles. The topological polar surface area (TPSA) is 75.6 Å². The number of rotatable bonds is 6. The normalized spacial score (nSPS) is 21.0. The van der Waals surface area contributed by atoms with Crippen LogP contribution in [0.15, 0.2) is 41.8 Å². The number of carbonyl (C=O) groups excluding carboxylic acids is 1. The zero-order valence-corrected chi connectivity index (χ0v) is 12.3. The molecule has 0 spiro atoms. The highest BCUT2D eigenvalue weighted by Crippen LogP contribution is 2.28. The van der Waals surface area contributed by atoms with E-state index in [9.17, 15) is 9.59 Å². The number of para-hydroxylation sites is 1. The molecule has 0 bridgehead atoms. The molecular formula is C15H17NO4S. The van der Waals surface area contributed by atoms with Crippen LogP contribution in [0.3, 0.4) is 0 Å². The second-order valence-corrected chi connectivity index (χ2v) is 5.68. The quantitative estimate of drug-likeness (QED) is 0.624. The van der Waals surface area contributed by atoms with Crippen LogP contribution in [0.2, 0.25) is 0 Å². The number of carboxylic acid groups (broad SMARTS) is 1. The van der Waals surface area contributed by atoms with Crippen molar-refractivity contribution >= 4 is 29.3 Å². The van der Waals surface area contributed by atoms with Gasteiger partial charge in [0.2, 0.25) is 0 Å². The standard InChI is InChI=1S/C15H17NO4S/c1-2-9-21-13-6-4-3-5-10(13)16-14(17)11-7-8-12(20-11)15(18)19/h2-6,11-12H,1,7-9H2,(H,16,17)(H,18,19). The molecule has 2 rings (SSSR count). The minimum Gasteiger partial charge on any atom is -0.479 e. The summed E-state index contributed by atoms with van der Waals surface area (Å²) in [5.74, 6) is -0.578. The highest BCUT2D eigenvalue weighted by molar-refractivity contribution is 7.99. The van der Waals surface area contributed by atoms with Gasteiger partial charge in [0.05, 0.1) is 5.69 Å². The third-order valence-corrected chi connectivity index (χ3v) is 4.16. The Kier molecular flexibility index (Phi) is 5.41. The Balaban J connectivity index is 2.00. The van der Waals surface area contributed by atoms with Gasteiger partial charge in [-0.1, -0.05) is 18.2 Å². The van der Waals surface area contributed by atoms with Crippen LogP contribution >= 0.6 is 11.8 Å². The molecule has 0 aliphatic carbocycles. The van der Waals surface area contributed by atoms with Crippen molar-refractivity contribution in [2.24, 2.45) is 0 Å². The number of benzene rings is 1. The molecule has 1 aliphatic heterocycles. The summed E-state index contributed by atoms with van der Waals surface area (Å²) in [6.07, 6.45) is 0.987. The second kappa shape index (κ2) is 7.28. The first-order valence-electron chi connectivity index (χ1n) is 6.63. The van der Waals surface area contributed by atoms with Gasteiger partial charge in [-0.05, 0) is 25.0 Å². The fourth-order valence-corrected chi connectivity index (χ4v) is 2.82. The molecule has 1 aliphatic rings. The van der Waals surface area contributed by atoms with Gasteiger partial charge in [-0.2, -0.15) is 0 Å². The molecule has 112 valence electrons. The first-order valence-corrected chi connectivity index (χ1v) is 7.62. The summed E-state index contributed by atoms with van der Waals surface area (Å²) in [5, 5.41) is 11.7. The van der Waals surface area contributed by atoms with E-state index in [1.54, 1.807) is 17.8 Å². The van der Waals surface area contributed by atoms with Crippen molar-refractivity contribution in [2.75, 3.05) is 11.1 Å². The molecular weight excluding hydrogens is 290 g/mol. The van der Waals surface area contributed by atoms with Crippen LogP contribution in [-0.2, 0) is 14.3 Å². The highest BCUT2D eigenvalue weighted by Gasteiger charge is 2.34. The van der Waals surface area contributed by atoms with Crippen molar-refractivity contribution in [2.45, 2.75) is 29.9 Å². The van der Waals surface area contributed by atoms with Gasteiger partial charge in [0, 0.05) is 10.6 Å². The van der Waals surface area contributed by atoms with Crippen LogP contribution in [0.4, 0.5) is 5.69 Å². The molecule has 2 N–H and O–H groups in total. The summed E-state index contributed by atoms with van der Waals surface area (Å²) < 4.78 is 5.24. The van der Waals surface area contributed by atoms with Crippen molar-refractivity contribution in [1.82, 2.24) is 0 Å². The molecule has 1 amide bonds. The maximum Gasteiger partial charge on any atom is 0.332 e. The summed E-state index contributed by atoms with van der Waals surface area (Å²) in [4.78, 5) is 23.9. The van der Waals surface area contributed by atoms with E-state index in [1.807, 2.05) is 24.3 Å². The lowest BCUT2D eigenvalue weighted by molar-refractivity contribution is -0.150. The van der Waals surface area contributed by atoms with E-state index in [0.717, 1.165) is 10.6 Å². The lowest BCUT2D eigenvalue weighted by atomic mass is 10.2.